The summed E-state index contributed by atoms with van der Waals surface area (Å²) in [5.41, 5.74) is 0.823. The Morgan fingerprint density at radius 1 is 1.30 bits per heavy atom. The van der Waals surface area contributed by atoms with Gasteiger partial charge >= 0.3 is 0 Å². The van der Waals surface area contributed by atoms with Crippen LogP contribution in [0, 0.1) is 6.92 Å². The lowest BCUT2D eigenvalue weighted by atomic mass is 10.1. The van der Waals surface area contributed by atoms with E-state index in [-0.39, 0.29) is 24.0 Å². The van der Waals surface area contributed by atoms with Crippen molar-refractivity contribution in [2.45, 2.75) is 45.4 Å². The molecule has 2 unspecified atom stereocenters. The zero-order valence-corrected chi connectivity index (χ0v) is 20.3. The van der Waals surface area contributed by atoms with Crippen LogP contribution in [0.4, 0.5) is 0 Å². The third-order valence-corrected chi connectivity index (χ3v) is 5.53. The van der Waals surface area contributed by atoms with Crippen molar-refractivity contribution < 1.29 is 5.11 Å². The first-order valence-corrected chi connectivity index (χ1v) is 10.3. The van der Waals surface area contributed by atoms with Crippen molar-refractivity contribution in [2.75, 3.05) is 26.2 Å². The van der Waals surface area contributed by atoms with Crippen molar-refractivity contribution in [2.24, 2.45) is 12.0 Å². The predicted octanol–water partition coefficient (Wildman–Crippen LogP) is 1.39. The molecule has 9 nitrogen and oxygen atoms in total. The summed E-state index contributed by atoms with van der Waals surface area (Å²) in [7, 11) is 1.94. The van der Waals surface area contributed by atoms with E-state index in [9.17, 15) is 5.11 Å². The van der Waals surface area contributed by atoms with Gasteiger partial charge in [0.25, 0.3) is 0 Å². The summed E-state index contributed by atoms with van der Waals surface area (Å²) in [5.74, 6) is 2.33. The van der Waals surface area contributed by atoms with Crippen molar-refractivity contribution in [1.29, 1.82) is 0 Å². The first kappa shape index (κ1) is 24.5. The van der Waals surface area contributed by atoms with Gasteiger partial charge in [0.2, 0.25) is 0 Å². The molecule has 1 saturated heterocycles. The van der Waals surface area contributed by atoms with Crippen LogP contribution in [0.3, 0.4) is 0 Å². The van der Waals surface area contributed by atoms with Gasteiger partial charge in [-0.3, -0.25) is 9.88 Å². The summed E-state index contributed by atoms with van der Waals surface area (Å²) < 4.78 is 1.93. The van der Waals surface area contributed by atoms with Gasteiger partial charge < -0.3 is 20.3 Å². The lowest BCUT2D eigenvalue weighted by Crippen LogP contribution is -2.45. The van der Waals surface area contributed by atoms with Crippen LogP contribution in [-0.2, 0) is 13.6 Å². The van der Waals surface area contributed by atoms with Crippen LogP contribution in [-0.4, -0.2) is 67.9 Å². The molecule has 2 aromatic heterocycles. The summed E-state index contributed by atoms with van der Waals surface area (Å²) in [4.78, 5) is 11.2. The first-order chi connectivity index (χ1) is 14.1. The van der Waals surface area contributed by atoms with Crippen LogP contribution in [0.5, 0.6) is 0 Å². The molecule has 0 radical (unpaired) electrons. The predicted molar refractivity (Wildman–Crippen MR) is 128 cm³/mol. The zero-order valence-electron chi connectivity index (χ0n) is 18.0. The zero-order chi connectivity index (χ0) is 20.6. The molecule has 3 heterocycles. The van der Waals surface area contributed by atoms with E-state index in [1.807, 2.05) is 30.7 Å². The van der Waals surface area contributed by atoms with E-state index >= 15 is 0 Å². The van der Waals surface area contributed by atoms with E-state index in [0.717, 1.165) is 36.8 Å². The number of aliphatic imine (C=N–C) groups is 1. The lowest BCUT2D eigenvalue weighted by Gasteiger charge is -2.24. The average Bonchev–Trinajstić information content (AvgIpc) is 3.34. The molecule has 2 atom stereocenters. The molecule has 1 aliphatic heterocycles. The van der Waals surface area contributed by atoms with Gasteiger partial charge in [-0.2, -0.15) is 0 Å². The summed E-state index contributed by atoms with van der Waals surface area (Å²) in [6.07, 6.45) is 5.15. The molecule has 0 spiro atoms. The molecule has 2 aromatic rings. The molecule has 1 aliphatic rings. The number of likely N-dealkylation sites (tertiary alicyclic amines) is 1. The van der Waals surface area contributed by atoms with Crippen molar-refractivity contribution in [1.82, 2.24) is 35.3 Å². The molecule has 3 rings (SSSR count). The minimum atomic E-state index is -0.638. The largest absolute Gasteiger partial charge is 0.387 e. The van der Waals surface area contributed by atoms with E-state index in [1.165, 1.54) is 12.8 Å². The number of aliphatic hydroxyl groups excluding tert-OH is 1. The van der Waals surface area contributed by atoms with Gasteiger partial charge in [-0.1, -0.05) is 6.92 Å². The Kier molecular flexibility index (Phi) is 9.92. The van der Waals surface area contributed by atoms with Gasteiger partial charge in [-0.05, 0) is 50.6 Å². The van der Waals surface area contributed by atoms with E-state index < -0.39 is 6.10 Å². The number of aromatic nitrogens is 4. The number of rotatable bonds is 8. The number of halogens is 1. The van der Waals surface area contributed by atoms with Crippen LogP contribution in [0.15, 0.2) is 29.5 Å². The van der Waals surface area contributed by atoms with Crippen LogP contribution in [0.1, 0.15) is 43.1 Å². The van der Waals surface area contributed by atoms with Gasteiger partial charge in [0.05, 0.1) is 6.10 Å². The van der Waals surface area contributed by atoms with Gasteiger partial charge in [-0.25, -0.2) is 4.99 Å². The fourth-order valence-electron chi connectivity index (χ4n) is 3.57. The smallest absolute Gasteiger partial charge is 0.191 e. The summed E-state index contributed by atoms with van der Waals surface area (Å²) >= 11 is 0. The Bertz CT molecular complexity index is 797. The molecule has 0 aliphatic carbocycles. The standard InChI is InChI=1S/C20H32N8O.HI/c1-4-28-11-5-6-17(28)12-22-20(24-14-19-26-25-15(2)27(19)3)23-13-18(29)16-7-9-21-10-8-16;/h7-10,17-18,29H,4-6,11-14H2,1-3H3,(H2,22,23,24);1H. The number of nitrogens with zero attached hydrogens (tertiary/aromatic N) is 6. The van der Waals surface area contributed by atoms with Gasteiger partial charge in [0.15, 0.2) is 11.8 Å². The number of nitrogens with one attached hydrogen (secondary N) is 2. The minimum absolute atomic E-state index is 0. The molecular formula is C20H33IN8O. The van der Waals surface area contributed by atoms with Crippen LogP contribution >= 0.6 is 24.0 Å². The Morgan fingerprint density at radius 2 is 2.07 bits per heavy atom. The normalized spacial score (nSPS) is 18.1. The van der Waals surface area contributed by atoms with Crippen LogP contribution in [0.25, 0.3) is 0 Å². The molecule has 166 valence electrons. The summed E-state index contributed by atoms with van der Waals surface area (Å²) in [6.45, 7) is 7.93. The molecule has 1 fully saturated rings. The van der Waals surface area contributed by atoms with Gasteiger partial charge in [0, 0.05) is 38.6 Å². The molecule has 30 heavy (non-hydrogen) atoms. The fourth-order valence-corrected chi connectivity index (χ4v) is 3.57. The third-order valence-electron chi connectivity index (χ3n) is 5.53. The number of hydrogen-bond acceptors (Lipinski definition) is 6. The Morgan fingerprint density at radius 3 is 2.73 bits per heavy atom. The van der Waals surface area contributed by atoms with Crippen molar-refractivity contribution in [3.05, 3.63) is 41.7 Å². The maximum atomic E-state index is 10.5. The number of aryl methyl sites for hydroxylation is 1. The average molecular weight is 528 g/mol. The Labute approximate surface area is 195 Å². The molecule has 10 heteroatoms. The monoisotopic (exact) mass is 528 g/mol. The number of aliphatic hydroxyl groups is 1. The van der Waals surface area contributed by atoms with Crippen molar-refractivity contribution in [3.8, 4) is 0 Å². The summed E-state index contributed by atoms with van der Waals surface area (Å²) in [5, 5.41) is 25.4. The maximum absolute atomic E-state index is 10.5. The van der Waals surface area contributed by atoms with E-state index in [1.54, 1.807) is 12.4 Å². The molecule has 0 aromatic carbocycles. The highest BCUT2D eigenvalue weighted by Gasteiger charge is 2.23. The maximum Gasteiger partial charge on any atom is 0.191 e. The second-order valence-electron chi connectivity index (χ2n) is 7.37. The quantitative estimate of drug-likeness (QED) is 0.270. The molecule has 0 amide bonds. The minimum Gasteiger partial charge on any atom is -0.387 e. The van der Waals surface area contributed by atoms with E-state index in [0.29, 0.717) is 25.1 Å². The van der Waals surface area contributed by atoms with Gasteiger partial charge in [-0.15, -0.1) is 34.2 Å². The number of likely N-dealkylation sites (N-methyl/N-ethyl adjacent to an activating group) is 1. The molecule has 0 saturated carbocycles. The summed E-state index contributed by atoms with van der Waals surface area (Å²) in [6, 6.07) is 4.14. The number of guanidine groups is 1. The van der Waals surface area contributed by atoms with E-state index in [2.05, 4.69) is 42.6 Å². The second-order valence-corrected chi connectivity index (χ2v) is 7.37. The highest BCUT2D eigenvalue weighted by atomic mass is 127. The lowest BCUT2D eigenvalue weighted by molar-refractivity contribution is 0.180. The molecule has 3 N–H and O–H groups in total. The van der Waals surface area contributed by atoms with Crippen LogP contribution < -0.4 is 10.6 Å². The van der Waals surface area contributed by atoms with E-state index in [4.69, 9.17) is 0 Å². The highest BCUT2D eigenvalue weighted by Crippen LogP contribution is 2.15. The topological polar surface area (TPSA) is 103 Å². The highest BCUT2D eigenvalue weighted by molar-refractivity contribution is 14.0. The number of pyridine rings is 1. The first-order valence-electron chi connectivity index (χ1n) is 10.3. The van der Waals surface area contributed by atoms with Crippen LogP contribution in [0.2, 0.25) is 0 Å². The molecule has 0 bridgehead atoms. The Hall–Kier alpha value is -1.79. The van der Waals surface area contributed by atoms with Crippen molar-refractivity contribution in [3.63, 3.8) is 0 Å². The fraction of sp³-hybridized carbons (Fsp3) is 0.600. The third kappa shape index (κ3) is 6.61. The van der Waals surface area contributed by atoms with Gasteiger partial charge in [0.1, 0.15) is 12.4 Å². The molecular weight excluding hydrogens is 495 g/mol. The number of hydrogen-bond donors (Lipinski definition) is 3. The Balaban J connectivity index is 0.00000320. The van der Waals surface area contributed by atoms with Crippen molar-refractivity contribution >= 4 is 29.9 Å². The SMILES string of the molecule is CCN1CCCC1CNC(=NCc1nnc(C)n1C)NCC(O)c1ccncc1.I. The second kappa shape index (κ2) is 12.2.